The first kappa shape index (κ1) is 11.7. The Hall–Kier alpha value is -1.33. The van der Waals surface area contributed by atoms with Crippen molar-refractivity contribution in [2.45, 2.75) is 6.42 Å². The van der Waals surface area contributed by atoms with Gasteiger partial charge in [-0.3, -0.25) is 4.79 Å². The third kappa shape index (κ3) is 1.83. The highest BCUT2D eigenvalue weighted by Crippen LogP contribution is 2.35. The van der Waals surface area contributed by atoms with Crippen LogP contribution in [0, 0.1) is 0 Å². The number of hydrogen-bond donors (Lipinski definition) is 1. The molecule has 1 aromatic heterocycles. The number of para-hydroxylation sites is 1. The van der Waals surface area contributed by atoms with Crippen molar-refractivity contribution in [2.75, 3.05) is 17.2 Å². The van der Waals surface area contributed by atoms with E-state index in [0.717, 1.165) is 26.3 Å². The van der Waals surface area contributed by atoms with Gasteiger partial charge >= 0.3 is 0 Å². The first-order valence-corrected chi connectivity index (χ1v) is 7.22. The molecule has 3 nitrogen and oxygen atoms in total. The Labute approximate surface area is 117 Å². The number of amides is 1. The molecule has 0 fully saturated rings. The Morgan fingerprint density at radius 1 is 1.33 bits per heavy atom. The maximum Gasteiger partial charge on any atom is 0.268 e. The second-order valence-corrected chi connectivity index (χ2v) is 6.63. The second-order valence-electron chi connectivity index (χ2n) is 4.17. The number of thiophene rings is 1. The van der Waals surface area contributed by atoms with Crippen LogP contribution in [0.5, 0.6) is 0 Å². The Morgan fingerprint density at radius 2 is 2.17 bits per heavy atom. The summed E-state index contributed by atoms with van der Waals surface area (Å²) in [6, 6.07) is 9.54. The minimum Gasteiger partial charge on any atom is -0.397 e. The number of rotatable bonds is 1. The van der Waals surface area contributed by atoms with Crippen LogP contribution in [0.15, 0.2) is 34.1 Å². The van der Waals surface area contributed by atoms with Crippen LogP contribution in [0.4, 0.5) is 11.4 Å². The molecule has 2 N–H and O–H groups in total. The number of nitrogens with two attached hydrogens (primary N) is 1. The van der Waals surface area contributed by atoms with Gasteiger partial charge in [0.25, 0.3) is 5.91 Å². The summed E-state index contributed by atoms with van der Waals surface area (Å²) in [5.74, 6) is 0.0300. The van der Waals surface area contributed by atoms with Gasteiger partial charge in [0.2, 0.25) is 0 Å². The lowest BCUT2D eigenvalue weighted by molar-refractivity contribution is 0.0993. The van der Waals surface area contributed by atoms with E-state index in [4.69, 9.17) is 5.73 Å². The van der Waals surface area contributed by atoms with E-state index in [1.807, 2.05) is 30.3 Å². The SMILES string of the molecule is Nc1cccc2c1N(C(=O)c1ccc(Br)s1)CC2. The fraction of sp³-hybridized carbons (Fsp3) is 0.154. The summed E-state index contributed by atoms with van der Waals surface area (Å²) in [6.07, 6.45) is 0.874. The highest BCUT2D eigenvalue weighted by atomic mass is 79.9. The molecule has 2 aromatic rings. The number of nitrogens with zero attached hydrogens (tertiary/aromatic N) is 1. The lowest BCUT2D eigenvalue weighted by Crippen LogP contribution is -2.28. The van der Waals surface area contributed by atoms with E-state index in [1.54, 1.807) is 4.90 Å². The van der Waals surface area contributed by atoms with Crippen molar-refractivity contribution in [3.63, 3.8) is 0 Å². The monoisotopic (exact) mass is 322 g/mol. The van der Waals surface area contributed by atoms with Gasteiger partial charge in [0.1, 0.15) is 0 Å². The van der Waals surface area contributed by atoms with Crippen LogP contribution >= 0.6 is 27.3 Å². The molecule has 0 bridgehead atoms. The smallest absolute Gasteiger partial charge is 0.268 e. The van der Waals surface area contributed by atoms with E-state index < -0.39 is 0 Å². The summed E-state index contributed by atoms with van der Waals surface area (Å²) in [6.45, 7) is 0.706. The number of nitrogen functional groups attached to an aromatic ring is 1. The second kappa shape index (κ2) is 4.40. The average molecular weight is 323 g/mol. The van der Waals surface area contributed by atoms with Gasteiger partial charge in [0.05, 0.1) is 20.0 Å². The van der Waals surface area contributed by atoms with Crippen molar-refractivity contribution in [3.8, 4) is 0 Å². The Kier molecular flexibility index (Phi) is 2.87. The minimum atomic E-state index is 0.0300. The average Bonchev–Trinajstić information content (AvgIpc) is 2.95. The van der Waals surface area contributed by atoms with Gasteiger partial charge in [-0.1, -0.05) is 12.1 Å². The van der Waals surface area contributed by atoms with Crippen LogP contribution in [0.1, 0.15) is 15.2 Å². The number of carbonyl (C=O) groups is 1. The van der Waals surface area contributed by atoms with Crippen LogP contribution in [-0.4, -0.2) is 12.5 Å². The Balaban J connectivity index is 2.00. The van der Waals surface area contributed by atoms with E-state index in [1.165, 1.54) is 11.3 Å². The van der Waals surface area contributed by atoms with Gasteiger partial charge < -0.3 is 10.6 Å². The fourth-order valence-electron chi connectivity index (χ4n) is 2.25. The van der Waals surface area contributed by atoms with E-state index in [2.05, 4.69) is 15.9 Å². The van der Waals surface area contributed by atoms with Crippen molar-refractivity contribution in [1.82, 2.24) is 0 Å². The van der Waals surface area contributed by atoms with E-state index in [0.29, 0.717) is 12.2 Å². The van der Waals surface area contributed by atoms with Crippen LogP contribution < -0.4 is 10.6 Å². The lowest BCUT2D eigenvalue weighted by atomic mass is 10.1. The number of fused-ring (bicyclic) bond motifs is 1. The van der Waals surface area contributed by atoms with Crippen molar-refractivity contribution in [3.05, 3.63) is 44.6 Å². The molecular formula is C13H11BrN2OS. The molecule has 0 unspecified atom stereocenters. The standard InChI is InChI=1S/C13H11BrN2OS/c14-11-5-4-10(18-11)13(17)16-7-6-8-2-1-3-9(15)12(8)16/h1-5H,6-7,15H2. The van der Waals surface area contributed by atoms with Crippen LogP contribution in [0.25, 0.3) is 0 Å². The number of benzene rings is 1. The van der Waals surface area contributed by atoms with Crippen LogP contribution in [0.3, 0.4) is 0 Å². The molecule has 0 radical (unpaired) electrons. The van der Waals surface area contributed by atoms with Gasteiger partial charge in [-0.15, -0.1) is 11.3 Å². The Bertz CT molecular complexity index is 623. The maximum atomic E-state index is 12.4. The molecular weight excluding hydrogens is 312 g/mol. The maximum absolute atomic E-state index is 12.4. The summed E-state index contributed by atoms with van der Waals surface area (Å²) < 4.78 is 0.964. The van der Waals surface area contributed by atoms with Gasteiger partial charge in [0, 0.05) is 6.54 Å². The highest BCUT2D eigenvalue weighted by Gasteiger charge is 2.27. The first-order valence-electron chi connectivity index (χ1n) is 5.61. The lowest BCUT2D eigenvalue weighted by Gasteiger charge is -2.18. The predicted octanol–water partition coefficient (Wildman–Crippen LogP) is 3.30. The molecule has 92 valence electrons. The van der Waals surface area contributed by atoms with Crippen molar-refractivity contribution < 1.29 is 4.79 Å². The van der Waals surface area contributed by atoms with Gasteiger partial charge in [0.15, 0.2) is 0 Å². The van der Waals surface area contributed by atoms with Gasteiger partial charge in [-0.25, -0.2) is 0 Å². The van der Waals surface area contributed by atoms with Crippen LogP contribution in [0.2, 0.25) is 0 Å². The molecule has 2 heterocycles. The minimum absolute atomic E-state index is 0.0300. The summed E-state index contributed by atoms with van der Waals surface area (Å²) in [5, 5.41) is 0. The molecule has 1 aliphatic rings. The van der Waals surface area contributed by atoms with Gasteiger partial charge in [-0.05, 0) is 46.1 Å². The molecule has 0 aliphatic carbocycles. The zero-order chi connectivity index (χ0) is 12.7. The Morgan fingerprint density at radius 3 is 2.89 bits per heavy atom. The normalized spacial score (nSPS) is 13.7. The third-order valence-electron chi connectivity index (χ3n) is 3.05. The molecule has 0 atom stereocenters. The molecule has 0 saturated heterocycles. The van der Waals surface area contributed by atoms with E-state index in [9.17, 15) is 4.79 Å². The molecule has 1 aliphatic heterocycles. The van der Waals surface area contributed by atoms with Gasteiger partial charge in [-0.2, -0.15) is 0 Å². The van der Waals surface area contributed by atoms with Crippen molar-refractivity contribution in [1.29, 1.82) is 0 Å². The zero-order valence-electron chi connectivity index (χ0n) is 9.52. The molecule has 18 heavy (non-hydrogen) atoms. The van der Waals surface area contributed by atoms with Crippen LogP contribution in [-0.2, 0) is 6.42 Å². The van der Waals surface area contributed by atoms with E-state index in [-0.39, 0.29) is 5.91 Å². The summed E-state index contributed by atoms with van der Waals surface area (Å²) in [7, 11) is 0. The molecule has 0 saturated carbocycles. The number of carbonyl (C=O) groups excluding carboxylic acids is 1. The quantitative estimate of drug-likeness (QED) is 0.819. The molecule has 1 amide bonds. The summed E-state index contributed by atoms with van der Waals surface area (Å²) in [5.41, 5.74) is 8.69. The summed E-state index contributed by atoms with van der Waals surface area (Å²) >= 11 is 4.83. The third-order valence-corrected chi connectivity index (χ3v) is 4.67. The number of halogens is 1. The summed E-state index contributed by atoms with van der Waals surface area (Å²) in [4.78, 5) is 15.0. The van der Waals surface area contributed by atoms with Crippen molar-refractivity contribution in [2.24, 2.45) is 0 Å². The van der Waals surface area contributed by atoms with Crippen molar-refractivity contribution >= 4 is 44.5 Å². The van der Waals surface area contributed by atoms with E-state index >= 15 is 0 Å². The molecule has 5 heteroatoms. The first-order chi connectivity index (χ1) is 8.66. The number of hydrogen-bond acceptors (Lipinski definition) is 3. The fourth-order valence-corrected chi connectivity index (χ4v) is 3.59. The molecule has 0 spiro atoms. The number of anilines is 2. The predicted molar refractivity (Wildman–Crippen MR) is 78.3 cm³/mol. The topological polar surface area (TPSA) is 46.3 Å². The zero-order valence-corrected chi connectivity index (χ0v) is 11.9. The molecule has 1 aromatic carbocycles. The largest absolute Gasteiger partial charge is 0.397 e. The molecule has 3 rings (SSSR count). The highest BCUT2D eigenvalue weighted by molar-refractivity contribution is 9.11.